The Morgan fingerprint density at radius 1 is 0.958 bits per heavy atom. The molecular weight excluding hydrogens is 345 g/mol. The van der Waals surface area contributed by atoms with Gasteiger partial charge in [-0.25, -0.2) is 4.98 Å². The molecule has 0 aliphatic rings. The molecule has 6 heteroatoms. The second-order valence-electron chi connectivity index (χ2n) is 5.00. The minimum atomic E-state index is -0.264. The average Bonchev–Trinajstić information content (AvgIpc) is 2.57. The molecule has 3 aromatic rings. The van der Waals surface area contributed by atoms with Crippen molar-refractivity contribution in [2.45, 2.75) is 0 Å². The van der Waals surface area contributed by atoms with Crippen molar-refractivity contribution in [3.05, 3.63) is 82.5 Å². The van der Waals surface area contributed by atoms with E-state index in [0.29, 0.717) is 27.1 Å². The van der Waals surface area contributed by atoms with Crippen molar-refractivity contribution in [1.29, 1.82) is 0 Å². The highest BCUT2D eigenvalue weighted by molar-refractivity contribution is 6.34. The largest absolute Gasteiger partial charge is 0.340 e. The highest BCUT2D eigenvalue weighted by Gasteiger charge is 2.09. The van der Waals surface area contributed by atoms with E-state index in [4.69, 9.17) is 23.2 Å². The van der Waals surface area contributed by atoms with Gasteiger partial charge in [0.25, 0.3) is 5.91 Å². The summed E-state index contributed by atoms with van der Waals surface area (Å²) in [5.41, 5.74) is 1.82. The van der Waals surface area contributed by atoms with Gasteiger partial charge in [0.2, 0.25) is 0 Å². The topological polar surface area (TPSA) is 54.0 Å². The van der Waals surface area contributed by atoms with Crippen molar-refractivity contribution in [2.75, 3.05) is 10.6 Å². The summed E-state index contributed by atoms with van der Waals surface area (Å²) in [7, 11) is 0. The predicted octanol–water partition coefficient (Wildman–Crippen LogP) is 5.38. The van der Waals surface area contributed by atoms with E-state index in [1.165, 1.54) is 0 Å². The number of nitrogens with one attached hydrogen (secondary N) is 2. The van der Waals surface area contributed by atoms with E-state index in [1.54, 1.807) is 54.7 Å². The number of halogens is 2. The zero-order valence-electron chi connectivity index (χ0n) is 12.5. The van der Waals surface area contributed by atoms with Crippen LogP contribution in [0.3, 0.4) is 0 Å². The molecule has 0 saturated carbocycles. The summed E-state index contributed by atoms with van der Waals surface area (Å²) in [6.07, 6.45) is 1.56. The van der Waals surface area contributed by atoms with E-state index in [9.17, 15) is 4.79 Å². The summed E-state index contributed by atoms with van der Waals surface area (Å²) in [5, 5.41) is 6.99. The van der Waals surface area contributed by atoms with Crippen molar-refractivity contribution in [1.82, 2.24) is 4.98 Å². The van der Waals surface area contributed by atoms with Crippen molar-refractivity contribution in [3.63, 3.8) is 0 Å². The second kappa shape index (κ2) is 7.34. The molecule has 0 unspecified atom stereocenters. The van der Waals surface area contributed by atoms with Crippen molar-refractivity contribution < 1.29 is 4.79 Å². The number of pyridine rings is 1. The molecular formula is C18H13Cl2N3O. The van der Waals surface area contributed by atoms with Gasteiger partial charge in [-0.1, -0.05) is 41.4 Å². The van der Waals surface area contributed by atoms with Crippen LogP contribution < -0.4 is 10.6 Å². The number of anilines is 3. The second-order valence-corrected chi connectivity index (χ2v) is 5.84. The number of carbonyl (C=O) groups excluding carboxylic acids is 1. The highest BCUT2D eigenvalue weighted by atomic mass is 35.5. The van der Waals surface area contributed by atoms with E-state index in [2.05, 4.69) is 15.6 Å². The molecule has 0 aliphatic carbocycles. The molecule has 2 N–H and O–H groups in total. The number of rotatable bonds is 4. The smallest absolute Gasteiger partial charge is 0.255 e. The maximum absolute atomic E-state index is 12.4. The van der Waals surface area contributed by atoms with E-state index in [-0.39, 0.29) is 5.91 Å². The van der Waals surface area contributed by atoms with Gasteiger partial charge in [-0.05, 0) is 42.5 Å². The number of para-hydroxylation sites is 1. The SMILES string of the molecule is O=C(Nc1ccccc1Cl)c1ccnc(Nc2cccc(Cl)c2)c1. The molecule has 1 heterocycles. The van der Waals surface area contributed by atoms with E-state index in [0.717, 1.165) is 5.69 Å². The Bertz CT molecular complexity index is 883. The fraction of sp³-hybridized carbons (Fsp3) is 0. The quantitative estimate of drug-likeness (QED) is 0.658. The number of hydrogen-bond acceptors (Lipinski definition) is 3. The molecule has 0 radical (unpaired) electrons. The van der Waals surface area contributed by atoms with E-state index >= 15 is 0 Å². The normalized spacial score (nSPS) is 10.2. The summed E-state index contributed by atoms with van der Waals surface area (Å²) in [5.74, 6) is 0.281. The Balaban J connectivity index is 1.77. The van der Waals surface area contributed by atoms with Gasteiger partial charge >= 0.3 is 0 Å². The number of carbonyl (C=O) groups is 1. The minimum Gasteiger partial charge on any atom is -0.340 e. The van der Waals surface area contributed by atoms with Gasteiger partial charge in [-0.15, -0.1) is 0 Å². The molecule has 0 spiro atoms. The van der Waals surface area contributed by atoms with Crippen LogP contribution in [0.25, 0.3) is 0 Å². The lowest BCUT2D eigenvalue weighted by Gasteiger charge is -2.09. The Hall–Kier alpha value is -2.56. The van der Waals surface area contributed by atoms with Gasteiger partial charge in [0.1, 0.15) is 5.82 Å². The van der Waals surface area contributed by atoms with E-state index in [1.807, 2.05) is 12.1 Å². The monoisotopic (exact) mass is 357 g/mol. The third-order valence-electron chi connectivity index (χ3n) is 3.24. The van der Waals surface area contributed by atoms with Crippen LogP contribution in [0, 0.1) is 0 Å². The van der Waals surface area contributed by atoms with Gasteiger partial charge in [0, 0.05) is 22.5 Å². The molecule has 2 aromatic carbocycles. The lowest BCUT2D eigenvalue weighted by molar-refractivity contribution is 0.102. The average molecular weight is 358 g/mol. The molecule has 0 bridgehead atoms. The van der Waals surface area contributed by atoms with E-state index < -0.39 is 0 Å². The van der Waals surface area contributed by atoms with Crippen LogP contribution in [-0.2, 0) is 0 Å². The third kappa shape index (κ3) is 4.04. The molecule has 3 rings (SSSR count). The first-order chi connectivity index (χ1) is 11.6. The van der Waals surface area contributed by atoms with Gasteiger partial charge in [-0.3, -0.25) is 4.79 Å². The lowest BCUT2D eigenvalue weighted by Crippen LogP contribution is -2.12. The van der Waals surface area contributed by atoms with Crippen LogP contribution in [0.2, 0.25) is 10.0 Å². The van der Waals surface area contributed by atoms with Crippen LogP contribution in [-0.4, -0.2) is 10.9 Å². The van der Waals surface area contributed by atoms with Crippen molar-refractivity contribution >= 4 is 46.3 Å². The number of amides is 1. The highest BCUT2D eigenvalue weighted by Crippen LogP contribution is 2.22. The van der Waals surface area contributed by atoms with Gasteiger partial charge in [0.15, 0.2) is 0 Å². The standard InChI is InChI=1S/C18H13Cl2N3O/c19-13-4-3-5-14(11-13)22-17-10-12(8-9-21-17)18(24)23-16-7-2-1-6-15(16)20/h1-11H,(H,21,22)(H,23,24). The Morgan fingerprint density at radius 3 is 2.58 bits per heavy atom. The predicted molar refractivity (Wildman–Crippen MR) is 98.4 cm³/mol. The summed E-state index contributed by atoms with van der Waals surface area (Å²) in [6.45, 7) is 0. The maximum atomic E-state index is 12.4. The van der Waals surface area contributed by atoms with Crippen LogP contribution in [0.5, 0.6) is 0 Å². The summed E-state index contributed by atoms with van der Waals surface area (Å²) < 4.78 is 0. The summed E-state index contributed by atoms with van der Waals surface area (Å²) in [6, 6.07) is 17.6. The van der Waals surface area contributed by atoms with Crippen LogP contribution >= 0.6 is 23.2 Å². The first-order valence-electron chi connectivity index (χ1n) is 7.16. The van der Waals surface area contributed by atoms with Crippen molar-refractivity contribution in [3.8, 4) is 0 Å². The molecule has 24 heavy (non-hydrogen) atoms. The van der Waals surface area contributed by atoms with Crippen LogP contribution in [0.1, 0.15) is 10.4 Å². The van der Waals surface area contributed by atoms with Gasteiger partial charge in [0.05, 0.1) is 10.7 Å². The van der Waals surface area contributed by atoms with Crippen LogP contribution in [0.4, 0.5) is 17.2 Å². The van der Waals surface area contributed by atoms with Crippen molar-refractivity contribution in [2.24, 2.45) is 0 Å². The Kier molecular flexibility index (Phi) is 4.99. The minimum absolute atomic E-state index is 0.264. The van der Waals surface area contributed by atoms with Crippen LogP contribution in [0.15, 0.2) is 66.9 Å². The fourth-order valence-corrected chi connectivity index (χ4v) is 2.48. The molecule has 120 valence electrons. The number of aromatic nitrogens is 1. The Labute approximate surface area is 149 Å². The Morgan fingerprint density at radius 2 is 1.79 bits per heavy atom. The molecule has 0 aliphatic heterocycles. The number of nitrogens with zero attached hydrogens (tertiary/aromatic N) is 1. The van der Waals surface area contributed by atoms with Gasteiger partial charge < -0.3 is 10.6 Å². The summed E-state index contributed by atoms with van der Waals surface area (Å²) in [4.78, 5) is 16.6. The maximum Gasteiger partial charge on any atom is 0.255 e. The van der Waals surface area contributed by atoms with Gasteiger partial charge in [-0.2, -0.15) is 0 Å². The molecule has 0 atom stereocenters. The zero-order valence-corrected chi connectivity index (χ0v) is 14.0. The number of hydrogen-bond donors (Lipinski definition) is 2. The number of benzene rings is 2. The molecule has 1 aromatic heterocycles. The summed E-state index contributed by atoms with van der Waals surface area (Å²) >= 11 is 12.0. The lowest BCUT2D eigenvalue weighted by atomic mass is 10.2. The zero-order chi connectivity index (χ0) is 16.9. The molecule has 0 saturated heterocycles. The molecule has 1 amide bonds. The first kappa shape index (κ1) is 16.3. The third-order valence-corrected chi connectivity index (χ3v) is 3.81. The molecule has 0 fully saturated rings. The fourth-order valence-electron chi connectivity index (χ4n) is 2.11. The molecule has 4 nitrogen and oxygen atoms in total. The first-order valence-corrected chi connectivity index (χ1v) is 7.92.